The van der Waals surface area contributed by atoms with Crippen molar-refractivity contribution < 1.29 is 23.8 Å². The van der Waals surface area contributed by atoms with E-state index in [0.717, 1.165) is 35.9 Å². The molecule has 5 rings (SSSR count). The number of nitrogens with one attached hydrogen (secondary N) is 1. The molecule has 1 aliphatic heterocycles. The molecule has 1 saturated carbocycles. The van der Waals surface area contributed by atoms with Crippen molar-refractivity contribution in [1.29, 1.82) is 0 Å². The van der Waals surface area contributed by atoms with E-state index >= 15 is 0 Å². The number of carbonyl (C=O) groups is 2. The number of carbonyl (C=O) groups excluding carboxylic acids is 2. The van der Waals surface area contributed by atoms with Crippen molar-refractivity contribution >= 4 is 20.1 Å². The lowest BCUT2D eigenvalue weighted by atomic mass is 9.69. The molecule has 0 spiro atoms. The summed E-state index contributed by atoms with van der Waals surface area (Å²) in [4.78, 5) is 28.2. The summed E-state index contributed by atoms with van der Waals surface area (Å²) in [7, 11) is -1.27. The van der Waals surface area contributed by atoms with Crippen LogP contribution in [0, 0.1) is 5.92 Å². The van der Waals surface area contributed by atoms with Crippen molar-refractivity contribution in [1.82, 2.24) is 20.0 Å². The Hall–Kier alpha value is -3.63. The van der Waals surface area contributed by atoms with Crippen LogP contribution < -0.4 is 10.1 Å². The van der Waals surface area contributed by atoms with Crippen LogP contribution in [0.5, 0.6) is 11.5 Å². The smallest absolute Gasteiger partial charge is 0.410 e. The molecule has 1 N–H and O–H groups in total. The third-order valence-electron chi connectivity index (χ3n) is 8.00. The van der Waals surface area contributed by atoms with E-state index in [1.165, 1.54) is 0 Å². The molecule has 1 aromatic heterocycles. The summed E-state index contributed by atoms with van der Waals surface area (Å²) in [6, 6.07) is 20.2. The van der Waals surface area contributed by atoms with Gasteiger partial charge in [0.25, 0.3) is 5.91 Å². The number of para-hydroxylation sites is 2. The van der Waals surface area contributed by atoms with Crippen molar-refractivity contribution in [3.05, 3.63) is 66.4 Å². The Morgan fingerprint density at radius 2 is 1.79 bits per heavy atom. The number of nitrogens with zero attached hydrogens (tertiary/aromatic N) is 3. The van der Waals surface area contributed by atoms with Crippen LogP contribution in [0.3, 0.4) is 0 Å². The minimum absolute atomic E-state index is 0.190. The van der Waals surface area contributed by atoms with Crippen LogP contribution in [-0.2, 0) is 16.2 Å². The molecule has 3 aromatic rings. The zero-order valence-corrected chi connectivity index (χ0v) is 27.2. The van der Waals surface area contributed by atoms with E-state index in [-0.39, 0.29) is 24.6 Å². The Morgan fingerprint density at radius 1 is 1.07 bits per heavy atom. The molecule has 1 saturated heterocycles. The molecule has 1 aliphatic carbocycles. The summed E-state index contributed by atoms with van der Waals surface area (Å²) in [6.45, 7) is 14.4. The van der Waals surface area contributed by atoms with E-state index in [1.807, 2.05) is 75.4 Å². The molecule has 2 atom stereocenters. The zero-order chi connectivity index (χ0) is 30.8. The van der Waals surface area contributed by atoms with Gasteiger partial charge in [-0.05, 0) is 70.0 Å². The maximum Gasteiger partial charge on any atom is 0.410 e. The molecule has 10 heteroatoms. The monoisotopic (exact) mass is 604 g/mol. The van der Waals surface area contributed by atoms with Gasteiger partial charge in [-0.2, -0.15) is 5.10 Å². The van der Waals surface area contributed by atoms with E-state index in [2.05, 4.69) is 25.0 Å². The average molecular weight is 605 g/mol. The number of amides is 2. The molecule has 2 unspecified atom stereocenters. The number of aromatic nitrogens is 2. The number of likely N-dealkylation sites (tertiary alicyclic amines) is 1. The maximum atomic E-state index is 13.7. The summed E-state index contributed by atoms with van der Waals surface area (Å²) in [5, 5.41) is 7.98. The largest absolute Gasteiger partial charge is 0.457 e. The van der Waals surface area contributed by atoms with Gasteiger partial charge >= 0.3 is 6.09 Å². The van der Waals surface area contributed by atoms with Crippen LogP contribution in [0.15, 0.2) is 60.7 Å². The Kier molecular flexibility index (Phi) is 8.72. The molecule has 2 heterocycles. The first-order valence-electron chi connectivity index (χ1n) is 15.1. The minimum Gasteiger partial charge on any atom is -0.457 e. The van der Waals surface area contributed by atoms with E-state index in [9.17, 15) is 9.59 Å². The molecular formula is C33H44N4O5Si. The normalized spacial score (nSPS) is 19.9. The molecule has 0 radical (unpaired) electrons. The van der Waals surface area contributed by atoms with Gasteiger partial charge < -0.3 is 24.4 Å². The van der Waals surface area contributed by atoms with Crippen molar-refractivity contribution in [3.8, 4) is 22.8 Å². The number of benzene rings is 2. The predicted molar refractivity (Wildman–Crippen MR) is 169 cm³/mol. The second-order valence-corrected chi connectivity index (χ2v) is 19.5. The van der Waals surface area contributed by atoms with Crippen LogP contribution >= 0.6 is 0 Å². The molecule has 230 valence electrons. The van der Waals surface area contributed by atoms with Gasteiger partial charge in [-0.3, -0.25) is 4.79 Å². The van der Waals surface area contributed by atoms with Crippen LogP contribution in [0.1, 0.15) is 44.1 Å². The second kappa shape index (κ2) is 12.2. The number of hydrogen-bond donors (Lipinski definition) is 1. The summed E-state index contributed by atoms with van der Waals surface area (Å²) in [5.41, 5.74) is 0.794. The standard InChI is InChI=1S/C33H44N4O5Si/c1-32(2,3)42-31(39)36-21-24-16-17-33(24,22-36)34-30(38)27-20-28(37(35-27)23-40-18-19-43(4,5)6)26-14-10-11-15-29(26)41-25-12-8-7-9-13-25/h7-15,20,24H,16-19,21-23H2,1-6H3,(H,34,38). The highest BCUT2D eigenvalue weighted by Gasteiger charge is 2.55. The van der Waals surface area contributed by atoms with Crippen LogP contribution in [-0.4, -0.2) is 65.6 Å². The lowest BCUT2D eigenvalue weighted by molar-refractivity contribution is 0.0280. The van der Waals surface area contributed by atoms with E-state index in [4.69, 9.17) is 19.3 Å². The average Bonchev–Trinajstić information content (AvgIpc) is 3.45. The van der Waals surface area contributed by atoms with Gasteiger partial charge in [-0.25, -0.2) is 9.48 Å². The van der Waals surface area contributed by atoms with E-state index in [1.54, 1.807) is 15.6 Å². The summed E-state index contributed by atoms with van der Waals surface area (Å²) >= 11 is 0. The van der Waals surface area contributed by atoms with Crippen molar-refractivity contribution in [3.63, 3.8) is 0 Å². The van der Waals surface area contributed by atoms with Gasteiger partial charge in [-0.1, -0.05) is 50.0 Å². The van der Waals surface area contributed by atoms with E-state index < -0.39 is 19.2 Å². The van der Waals surface area contributed by atoms with E-state index in [0.29, 0.717) is 31.1 Å². The van der Waals surface area contributed by atoms with Gasteiger partial charge in [0.15, 0.2) is 5.69 Å². The first kappa shape index (κ1) is 30.8. The topological polar surface area (TPSA) is 94.9 Å². The van der Waals surface area contributed by atoms with Gasteiger partial charge in [0.05, 0.1) is 11.2 Å². The SMILES string of the molecule is CC(C)(C)OC(=O)N1CC2CCC2(NC(=O)c2cc(-c3ccccc3Oc3ccccc3)n(COCC[Si](C)(C)C)n2)C1. The fourth-order valence-corrected chi connectivity index (χ4v) is 6.31. The molecular weight excluding hydrogens is 560 g/mol. The third-order valence-corrected chi connectivity index (χ3v) is 9.71. The van der Waals surface area contributed by atoms with Crippen LogP contribution in [0.2, 0.25) is 25.7 Å². The van der Waals surface area contributed by atoms with Crippen molar-refractivity contribution in [2.75, 3.05) is 19.7 Å². The van der Waals surface area contributed by atoms with Crippen LogP contribution in [0.25, 0.3) is 11.3 Å². The van der Waals surface area contributed by atoms with Gasteiger partial charge in [-0.15, -0.1) is 0 Å². The van der Waals surface area contributed by atoms with Gasteiger partial charge in [0, 0.05) is 39.3 Å². The third kappa shape index (κ3) is 7.48. The second-order valence-electron chi connectivity index (χ2n) is 13.9. The van der Waals surface area contributed by atoms with Crippen molar-refractivity contribution in [2.24, 2.45) is 5.92 Å². The first-order chi connectivity index (χ1) is 20.3. The highest BCUT2D eigenvalue weighted by Crippen LogP contribution is 2.45. The Morgan fingerprint density at radius 3 is 2.47 bits per heavy atom. The summed E-state index contributed by atoms with van der Waals surface area (Å²) in [6.07, 6.45) is 1.42. The van der Waals surface area contributed by atoms with Crippen LogP contribution in [0.4, 0.5) is 4.79 Å². The maximum absolute atomic E-state index is 13.7. The first-order valence-corrected chi connectivity index (χ1v) is 18.8. The molecule has 43 heavy (non-hydrogen) atoms. The lowest BCUT2D eigenvalue weighted by Crippen LogP contribution is -2.60. The predicted octanol–water partition coefficient (Wildman–Crippen LogP) is 6.78. The highest BCUT2D eigenvalue weighted by atomic mass is 28.3. The Labute approximate surface area is 255 Å². The Bertz CT molecular complexity index is 1450. The fraction of sp³-hybridized carbons (Fsp3) is 0.485. The quantitative estimate of drug-likeness (QED) is 0.202. The minimum atomic E-state index is -1.27. The molecule has 0 bridgehead atoms. The number of ether oxygens (including phenoxy) is 3. The number of fused-ring (bicyclic) bond motifs is 1. The molecule has 2 amide bonds. The molecule has 2 aromatic carbocycles. The lowest BCUT2D eigenvalue weighted by Gasteiger charge is -2.44. The number of hydrogen-bond acceptors (Lipinski definition) is 6. The molecule has 2 fully saturated rings. The van der Waals surface area contributed by atoms with Gasteiger partial charge in [0.2, 0.25) is 0 Å². The highest BCUT2D eigenvalue weighted by molar-refractivity contribution is 6.76. The number of rotatable bonds is 10. The molecule has 2 aliphatic rings. The van der Waals surface area contributed by atoms with Gasteiger partial charge in [0.1, 0.15) is 23.8 Å². The summed E-state index contributed by atoms with van der Waals surface area (Å²) < 4.78 is 19.7. The molecule has 9 nitrogen and oxygen atoms in total. The fourth-order valence-electron chi connectivity index (χ4n) is 5.56. The Balaban J connectivity index is 1.38. The van der Waals surface area contributed by atoms with Crippen molar-refractivity contribution in [2.45, 2.75) is 77.2 Å². The zero-order valence-electron chi connectivity index (χ0n) is 26.2. The summed E-state index contributed by atoms with van der Waals surface area (Å²) in [5.74, 6) is 1.30.